The van der Waals surface area contributed by atoms with E-state index in [2.05, 4.69) is 65.8 Å². The van der Waals surface area contributed by atoms with Gasteiger partial charge in [0, 0.05) is 36.6 Å². The Morgan fingerprint density at radius 3 is 2.75 bits per heavy atom. The SMILES string of the molecule is Cc1ccsc1CN1CC(c2ccccc2)NCC1C. The first-order chi connectivity index (χ1) is 9.74. The molecule has 2 atom stereocenters. The maximum absolute atomic E-state index is 3.67. The van der Waals surface area contributed by atoms with Crippen molar-refractivity contribution in [1.29, 1.82) is 0 Å². The van der Waals surface area contributed by atoms with Crippen LogP contribution in [-0.4, -0.2) is 24.0 Å². The summed E-state index contributed by atoms with van der Waals surface area (Å²) >= 11 is 1.88. The number of rotatable bonds is 3. The summed E-state index contributed by atoms with van der Waals surface area (Å²) < 4.78 is 0. The number of nitrogens with zero attached hydrogens (tertiary/aromatic N) is 1. The lowest BCUT2D eigenvalue weighted by molar-refractivity contribution is 0.134. The van der Waals surface area contributed by atoms with E-state index >= 15 is 0 Å². The van der Waals surface area contributed by atoms with Gasteiger partial charge in [0.25, 0.3) is 0 Å². The van der Waals surface area contributed by atoms with Crippen molar-refractivity contribution >= 4 is 11.3 Å². The average molecular weight is 286 g/mol. The minimum absolute atomic E-state index is 0.452. The van der Waals surface area contributed by atoms with Crippen LogP contribution in [0.25, 0.3) is 0 Å². The molecule has 20 heavy (non-hydrogen) atoms. The molecule has 106 valence electrons. The Morgan fingerprint density at radius 2 is 2.05 bits per heavy atom. The van der Waals surface area contributed by atoms with Gasteiger partial charge >= 0.3 is 0 Å². The van der Waals surface area contributed by atoms with Crippen LogP contribution >= 0.6 is 11.3 Å². The molecular weight excluding hydrogens is 264 g/mol. The number of piperazine rings is 1. The van der Waals surface area contributed by atoms with E-state index in [4.69, 9.17) is 0 Å². The molecule has 2 heterocycles. The van der Waals surface area contributed by atoms with Gasteiger partial charge in [-0.1, -0.05) is 30.3 Å². The number of thiophene rings is 1. The lowest BCUT2D eigenvalue weighted by atomic mass is 10.0. The molecule has 0 aliphatic carbocycles. The second-order valence-electron chi connectivity index (χ2n) is 5.68. The second kappa shape index (κ2) is 6.08. The smallest absolute Gasteiger partial charge is 0.0450 e. The summed E-state index contributed by atoms with van der Waals surface area (Å²) in [5.74, 6) is 0. The number of benzene rings is 1. The molecule has 1 saturated heterocycles. The van der Waals surface area contributed by atoms with Gasteiger partial charge < -0.3 is 5.32 Å². The molecule has 2 aromatic rings. The van der Waals surface area contributed by atoms with Crippen molar-refractivity contribution in [3.05, 3.63) is 57.8 Å². The highest BCUT2D eigenvalue weighted by molar-refractivity contribution is 7.10. The van der Waals surface area contributed by atoms with Crippen LogP contribution in [0.1, 0.15) is 29.0 Å². The third-order valence-electron chi connectivity index (χ3n) is 4.22. The van der Waals surface area contributed by atoms with Gasteiger partial charge in [0.05, 0.1) is 0 Å². The molecule has 3 heteroatoms. The summed E-state index contributed by atoms with van der Waals surface area (Å²) in [5.41, 5.74) is 2.82. The van der Waals surface area contributed by atoms with Crippen LogP contribution in [0.2, 0.25) is 0 Å². The van der Waals surface area contributed by atoms with Crippen molar-refractivity contribution in [2.24, 2.45) is 0 Å². The third-order valence-corrected chi connectivity index (χ3v) is 5.22. The second-order valence-corrected chi connectivity index (χ2v) is 6.68. The molecule has 1 aromatic heterocycles. The van der Waals surface area contributed by atoms with E-state index in [-0.39, 0.29) is 0 Å². The Balaban J connectivity index is 1.72. The van der Waals surface area contributed by atoms with Gasteiger partial charge in [0.15, 0.2) is 0 Å². The van der Waals surface area contributed by atoms with Gasteiger partial charge in [0.1, 0.15) is 0 Å². The monoisotopic (exact) mass is 286 g/mol. The Morgan fingerprint density at radius 1 is 1.25 bits per heavy atom. The van der Waals surface area contributed by atoms with Crippen LogP contribution in [0, 0.1) is 6.92 Å². The van der Waals surface area contributed by atoms with E-state index in [9.17, 15) is 0 Å². The largest absolute Gasteiger partial charge is 0.307 e. The van der Waals surface area contributed by atoms with Gasteiger partial charge in [-0.25, -0.2) is 0 Å². The van der Waals surface area contributed by atoms with Crippen LogP contribution < -0.4 is 5.32 Å². The first kappa shape index (κ1) is 13.8. The normalized spacial score (nSPS) is 23.9. The van der Waals surface area contributed by atoms with Crippen LogP contribution in [0.5, 0.6) is 0 Å². The Hall–Kier alpha value is -1.16. The van der Waals surface area contributed by atoms with Crippen molar-refractivity contribution in [2.75, 3.05) is 13.1 Å². The van der Waals surface area contributed by atoms with Crippen molar-refractivity contribution in [3.63, 3.8) is 0 Å². The quantitative estimate of drug-likeness (QED) is 0.927. The number of hydrogen-bond acceptors (Lipinski definition) is 3. The van der Waals surface area contributed by atoms with Gasteiger partial charge in [-0.2, -0.15) is 0 Å². The summed E-state index contributed by atoms with van der Waals surface area (Å²) in [5, 5.41) is 5.87. The summed E-state index contributed by atoms with van der Waals surface area (Å²) in [6, 6.07) is 14.1. The maximum atomic E-state index is 3.67. The zero-order valence-corrected chi connectivity index (χ0v) is 13.0. The number of aryl methyl sites for hydroxylation is 1. The first-order valence-corrected chi connectivity index (χ1v) is 8.17. The zero-order chi connectivity index (χ0) is 13.9. The van der Waals surface area contributed by atoms with Crippen LogP contribution in [0.4, 0.5) is 0 Å². The summed E-state index contributed by atoms with van der Waals surface area (Å²) in [4.78, 5) is 4.11. The molecule has 0 bridgehead atoms. The summed E-state index contributed by atoms with van der Waals surface area (Å²) in [7, 11) is 0. The van der Waals surface area contributed by atoms with Crippen LogP contribution in [0.3, 0.4) is 0 Å². The van der Waals surface area contributed by atoms with E-state index in [0.717, 1.165) is 19.6 Å². The van der Waals surface area contributed by atoms with Crippen molar-refractivity contribution in [3.8, 4) is 0 Å². The Labute approximate surface area is 125 Å². The molecule has 3 rings (SSSR count). The molecular formula is C17H22N2S. The van der Waals surface area contributed by atoms with Crippen LogP contribution in [0.15, 0.2) is 41.8 Å². The first-order valence-electron chi connectivity index (χ1n) is 7.29. The number of nitrogens with one attached hydrogen (secondary N) is 1. The van der Waals surface area contributed by atoms with E-state index in [1.54, 1.807) is 0 Å². The topological polar surface area (TPSA) is 15.3 Å². The van der Waals surface area contributed by atoms with Gasteiger partial charge in [-0.05, 0) is 36.4 Å². The molecule has 0 saturated carbocycles. The lowest BCUT2D eigenvalue weighted by Crippen LogP contribution is -2.50. The zero-order valence-electron chi connectivity index (χ0n) is 12.2. The molecule has 1 aliphatic heterocycles. The molecule has 1 aromatic carbocycles. The van der Waals surface area contributed by atoms with Gasteiger partial charge in [0.2, 0.25) is 0 Å². The molecule has 1 N–H and O–H groups in total. The minimum Gasteiger partial charge on any atom is -0.307 e. The maximum Gasteiger partial charge on any atom is 0.0450 e. The van der Waals surface area contributed by atoms with Crippen LogP contribution in [-0.2, 0) is 6.54 Å². The van der Waals surface area contributed by atoms with Crippen molar-refractivity contribution in [2.45, 2.75) is 32.5 Å². The predicted molar refractivity (Wildman–Crippen MR) is 86.1 cm³/mol. The molecule has 0 spiro atoms. The lowest BCUT2D eigenvalue weighted by Gasteiger charge is -2.39. The van der Waals surface area contributed by atoms with Gasteiger partial charge in [-0.15, -0.1) is 11.3 Å². The van der Waals surface area contributed by atoms with Gasteiger partial charge in [-0.3, -0.25) is 4.90 Å². The third kappa shape index (κ3) is 2.95. The molecule has 1 aliphatic rings. The molecule has 0 radical (unpaired) electrons. The molecule has 2 nitrogen and oxygen atoms in total. The van der Waals surface area contributed by atoms with Crippen molar-refractivity contribution < 1.29 is 0 Å². The summed E-state index contributed by atoms with van der Waals surface area (Å²) in [6.07, 6.45) is 0. The number of hydrogen-bond donors (Lipinski definition) is 1. The Kier molecular flexibility index (Phi) is 4.20. The van der Waals surface area contributed by atoms with Crippen molar-refractivity contribution in [1.82, 2.24) is 10.2 Å². The summed E-state index contributed by atoms with van der Waals surface area (Å²) in [6.45, 7) is 7.76. The fourth-order valence-corrected chi connectivity index (χ4v) is 3.73. The van der Waals surface area contributed by atoms with E-state index in [1.807, 2.05) is 11.3 Å². The highest BCUT2D eigenvalue weighted by atomic mass is 32.1. The van der Waals surface area contributed by atoms with E-state index < -0.39 is 0 Å². The van der Waals surface area contributed by atoms with E-state index in [0.29, 0.717) is 12.1 Å². The highest BCUT2D eigenvalue weighted by Crippen LogP contribution is 2.24. The molecule has 1 fully saturated rings. The minimum atomic E-state index is 0.452. The average Bonchev–Trinajstić information content (AvgIpc) is 2.88. The highest BCUT2D eigenvalue weighted by Gasteiger charge is 2.26. The predicted octanol–water partition coefficient (Wildman–Crippen LogP) is 3.59. The molecule has 2 unspecified atom stereocenters. The fraction of sp³-hybridized carbons (Fsp3) is 0.412. The fourth-order valence-electron chi connectivity index (χ4n) is 2.80. The van der Waals surface area contributed by atoms with E-state index in [1.165, 1.54) is 16.0 Å². The standard InChI is InChI=1S/C17H22N2S/c1-13-8-9-20-17(13)12-19-11-16(18-10-14(19)2)15-6-4-3-5-7-15/h3-9,14,16,18H,10-12H2,1-2H3. The Bertz CT molecular complexity index is 549. The molecule has 0 amide bonds.